The van der Waals surface area contributed by atoms with E-state index >= 15 is 0 Å². The Hall–Kier alpha value is -2.55. The Balaban J connectivity index is 1.76. The van der Waals surface area contributed by atoms with Crippen molar-refractivity contribution in [3.05, 3.63) is 23.8 Å². The van der Waals surface area contributed by atoms with E-state index in [0.29, 0.717) is 0 Å². The molecule has 0 radical (unpaired) electrons. The number of hydrogen-bond acceptors (Lipinski definition) is 6. The molecular weight excluding hydrogens is 348 g/mol. The highest BCUT2D eigenvalue weighted by atomic mass is 32.1. The van der Waals surface area contributed by atoms with Gasteiger partial charge < -0.3 is 0 Å². The Bertz CT molecular complexity index is 1050. The molecule has 4 rings (SSSR count). The third kappa shape index (κ3) is 2.82. The van der Waals surface area contributed by atoms with Gasteiger partial charge in [0.05, 0.1) is 22.5 Å². The molecule has 0 aromatic carbocycles. The highest BCUT2D eigenvalue weighted by Crippen LogP contribution is 2.30. The Labute approximate surface area is 155 Å². The lowest BCUT2D eigenvalue weighted by molar-refractivity contribution is 0.598. The lowest BCUT2D eigenvalue weighted by Gasteiger charge is -1.95. The van der Waals surface area contributed by atoms with E-state index in [1.54, 1.807) is 0 Å². The molecule has 0 saturated heterocycles. The zero-order valence-electron chi connectivity index (χ0n) is 15.5. The molecule has 8 nitrogen and oxygen atoms in total. The fourth-order valence-corrected chi connectivity index (χ4v) is 3.95. The summed E-state index contributed by atoms with van der Waals surface area (Å²) in [7, 11) is 0. The minimum atomic E-state index is 0.737. The van der Waals surface area contributed by atoms with Crippen molar-refractivity contribution in [2.75, 3.05) is 0 Å². The largest absolute Gasteiger partial charge is 0.272 e. The molecule has 0 N–H and O–H groups in total. The summed E-state index contributed by atoms with van der Waals surface area (Å²) in [5, 5.41) is 23.5. The van der Waals surface area contributed by atoms with Gasteiger partial charge in [-0.1, -0.05) is 25.2 Å². The Morgan fingerprint density at radius 2 is 1.46 bits per heavy atom. The van der Waals surface area contributed by atoms with Crippen molar-refractivity contribution in [3.8, 4) is 22.0 Å². The summed E-state index contributed by atoms with van der Waals surface area (Å²) in [4.78, 5) is 0.778. The summed E-state index contributed by atoms with van der Waals surface area (Å²) < 4.78 is 5.75. The van der Waals surface area contributed by atoms with Gasteiger partial charge in [0.1, 0.15) is 0 Å². The highest BCUT2D eigenvalue weighted by Gasteiger charge is 2.19. The lowest BCUT2D eigenvalue weighted by Crippen LogP contribution is -1.96. The summed E-state index contributed by atoms with van der Waals surface area (Å²) in [6, 6.07) is 0. The van der Waals surface area contributed by atoms with Crippen molar-refractivity contribution >= 4 is 16.3 Å². The van der Waals surface area contributed by atoms with E-state index in [0.717, 1.165) is 64.2 Å². The van der Waals surface area contributed by atoms with Crippen molar-refractivity contribution in [2.45, 2.75) is 53.6 Å². The lowest BCUT2D eigenvalue weighted by atomic mass is 10.2. The highest BCUT2D eigenvalue weighted by molar-refractivity contribution is 7.19. The van der Waals surface area contributed by atoms with Gasteiger partial charge in [0.25, 0.3) is 0 Å². The number of rotatable bonds is 6. The molecule has 9 heteroatoms. The molecule has 4 aromatic heterocycles. The van der Waals surface area contributed by atoms with Crippen molar-refractivity contribution in [3.63, 3.8) is 0 Å². The Kier molecular flexibility index (Phi) is 4.31. The fraction of sp³-hybridized carbons (Fsp3) is 0.471. The van der Waals surface area contributed by atoms with Gasteiger partial charge in [-0.05, 0) is 26.7 Å². The predicted octanol–water partition coefficient (Wildman–Crippen LogP) is 3.35. The molecule has 0 atom stereocenters. The van der Waals surface area contributed by atoms with Gasteiger partial charge in [0.2, 0.25) is 4.96 Å². The van der Waals surface area contributed by atoms with Crippen LogP contribution >= 0.6 is 11.3 Å². The Morgan fingerprint density at radius 1 is 0.846 bits per heavy atom. The van der Waals surface area contributed by atoms with Crippen LogP contribution in [-0.2, 0) is 13.1 Å². The van der Waals surface area contributed by atoms with E-state index in [9.17, 15) is 0 Å². The van der Waals surface area contributed by atoms with Crippen LogP contribution in [0.1, 0.15) is 38.1 Å². The molecule has 0 unspecified atom stereocenters. The maximum absolute atomic E-state index is 4.77. The van der Waals surface area contributed by atoms with Crippen molar-refractivity contribution in [1.29, 1.82) is 0 Å². The summed E-state index contributed by atoms with van der Waals surface area (Å²) in [5.41, 5.74) is 3.95. The molecule has 4 heterocycles. The van der Waals surface area contributed by atoms with Crippen LogP contribution in [0.15, 0.2) is 12.4 Å². The van der Waals surface area contributed by atoms with Gasteiger partial charge in [-0.25, -0.2) is 0 Å². The van der Waals surface area contributed by atoms with Crippen LogP contribution in [0.25, 0.3) is 26.9 Å². The zero-order chi connectivity index (χ0) is 18.3. The average Bonchev–Trinajstić information content (AvgIpc) is 3.32. The summed E-state index contributed by atoms with van der Waals surface area (Å²) >= 11 is 1.53. The molecule has 0 saturated carbocycles. The van der Waals surface area contributed by atoms with Crippen LogP contribution in [0.3, 0.4) is 0 Å². The zero-order valence-corrected chi connectivity index (χ0v) is 16.3. The third-order valence-electron chi connectivity index (χ3n) is 4.26. The molecule has 26 heavy (non-hydrogen) atoms. The third-order valence-corrected chi connectivity index (χ3v) is 5.19. The molecule has 0 spiro atoms. The number of hydrogen-bond donors (Lipinski definition) is 0. The standard InChI is InChI=1S/C17H22N8S/c1-5-7-23-9-13(11(3)20-23)15-18-19-17-25(15)22-16(26-17)14-10-24(8-6-2)21-12(14)4/h9-10H,5-8H2,1-4H3. The van der Waals surface area contributed by atoms with Crippen LogP contribution in [0.4, 0.5) is 0 Å². The maximum Gasteiger partial charge on any atom is 0.235 e. The van der Waals surface area contributed by atoms with Crippen molar-refractivity contribution < 1.29 is 0 Å². The first kappa shape index (κ1) is 16.9. The van der Waals surface area contributed by atoms with Crippen LogP contribution in [-0.4, -0.2) is 39.4 Å². The summed E-state index contributed by atoms with van der Waals surface area (Å²) in [6.45, 7) is 10.1. The number of aryl methyl sites for hydroxylation is 4. The van der Waals surface area contributed by atoms with Gasteiger partial charge in [0, 0.05) is 25.5 Å². The van der Waals surface area contributed by atoms with Crippen LogP contribution in [0.5, 0.6) is 0 Å². The van der Waals surface area contributed by atoms with Gasteiger partial charge in [-0.15, -0.1) is 10.2 Å². The molecule has 0 fully saturated rings. The normalized spacial score (nSPS) is 11.7. The van der Waals surface area contributed by atoms with Gasteiger partial charge in [0.15, 0.2) is 10.8 Å². The monoisotopic (exact) mass is 370 g/mol. The second-order valence-corrected chi connectivity index (χ2v) is 7.36. The SMILES string of the molecule is CCCn1cc(-c2nn3c(-c4cn(CCC)nc4C)nnc3s2)c(C)n1. The molecule has 136 valence electrons. The minimum absolute atomic E-state index is 0.737. The van der Waals surface area contributed by atoms with Gasteiger partial charge in [-0.3, -0.25) is 9.36 Å². The van der Waals surface area contributed by atoms with Crippen LogP contribution < -0.4 is 0 Å². The molecule has 0 aliphatic heterocycles. The Morgan fingerprint density at radius 3 is 2.12 bits per heavy atom. The van der Waals surface area contributed by atoms with Crippen molar-refractivity contribution in [1.82, 2.24) is 39.4 Å². The van der Waals surface area contributed by atoms with Crippen LogP contribution in [0.2, 0.25) is 0 Å². The number of nitrogens with zero attached hydrogens (tertiary/aromatic N) is 8. The molecule has 0 aliphatic rings. The maximum atomic E-state index is 4.77. The number of fused-ring (bicyclic) bond motifs is 1. The molecule has 0 amide bonds. The first-order valence-electron chi connectivity index (χ1n) is 8.91. The molecule has 0 bridgehead atoms. The van der Waals surface area contributed by atoms with E-state index in [2.05, 4.69) is 40.4 Å². The molecule has 0 aliphatic carbocycles. The van der Waals surface area contributed by atoms with E-state index in [1.807, 2.05) is 33.9 Å². The van der Waals surface area contributed by atoms with E-state index < -0.39 is 0 Å². The van der Waals surface area contributed by atoms with Gasteiger partial charge >= 0.3 is 0 Å². The fourth-order valence-electron chi connectivity index (χ4n) is 3.05. The first-order chi connectivity index (χ1) is 12.6. The second-order valence-electron chi connectivity index (χ2n) is 6.41. The first-order valence-corrected chi connectivity index (χ1v) is 9.73. The van der Waals surface area contributed by atoms with E-state index in [1.165, 1.54) is 11.3 Å². The molecule has 4 aromatic rings. The second kappa shape index (κ2) is 6.64. The quantitative estimate of drug-likeness (QED) is 0.520. The van der Waals surface area contributed by atoms with Crippen molar-refractivity contribution in [2.24, 2.45) is 0 Å². The minimum Gasteiger partial charge on any atom is -0.272 e. The van der Waals surface area contributed by atoms with E-state index in [-0.39, 0.29) is 0 Å². The smallest absolute Gasteiger partial charge is 0.235 e. The topological polar surface area (TPSA) is 78.7 Å². The predicted molar refractivity (Wildman–Crippen MR) is 101 cm³/mol. The number of aromatic nitrogens is 8. The van der Waals surface area contributed by atoms with Gasteiger partial charge in [-0.2, -0.15) is 19.8 Å². The summed E-state index contributed by atoms with van der Waals surface area (Å²) in [5.74, 6) is 0.737. The average molecular weight is 370 g/mol. The van der Waals surface area contributed by atoms with Crippen LogP contribution in [0, 0.1) is 13.8 Å². The van der Waals surface area contributed by atoms with E-state index in [4.69, 9.17) is 5.10 Å². The summed E-state index contributed by atoms with van der Waals surface area (Å²) in [6.07, 6.45) is 6.18. The molecular formula is C17H22N8S.